The standard InChI is InChI=1S/C22H25N3O3/c1-15(26)25(2)19-11-9-17(10-12-19)16-5-7-18(8-6-16)20(27)24-22(21(23)28)13-3-4-14-22/h5-12H,3-4,13-14H2,1-2H3,(H2,23,28)(H,24,27). The fourth-order valence-electron chi connectivity index (χ4n) is 3.57. The van der Waals surface area contributed by atoms with Crippen LogP contribution in [0.25, 0.3) is 11.1 Å². The molecule has 0 unspecified atom stereocenters. The molecule has 3 rings (SSSR count). The summed E-state index contributed by atoms with van der Waals surface area (Å²) in [6.45, 7) is 1.52. The highest BCUT2D eigenvalue weighted by atomic mass is 16.2. The van der Waals surface area contributed by atoms with Crippen LogP contribution in [0.2, 0.25) is 0 Å². The third-order valence-electron chi connectivity index (χ3n) is 5.49. The topological polar surface area (TPSA) is 92.5 Å². The van der Waals surface area contributed by atoms with Gasteiger partial charge in [-0.2, -0.15) is 0 Å². The van der Waals surface area contributed by atoms with Gasteiger partial charge in [-0.3, -0.25) is 14.4 Å². The number of carbonyl (C=O) groups excluding carboxylic acids is 3. The molecule has 146 valence electrons. The molecule has 0 spiro atoms. The monoisotopic (exact) mass is 379 g/mol. The van der Waals surface area contributed by atoms with Crippen LogP contribution in [0, 0.1) is 0 Å². The van der Waals surface area contributed by atoms with Gasteiger partial charge in [0.2, 0.25) is 11.8 Å². The SMILES string of the molecule is CC(=O)N(C)c1ccc(-c2ccc(C(=O)NC3(C(N)=O)CCCC3)cc2)cc1. The molecule has 0 bridgehead atoms. The first-order valence-electron chi connectivity index (χ1n) is 9.40. The summed E-state index contributed by atoms with van der Waals surface area (Å²) in [5.41, 5.74) is 7.86. The fourth-order valence-corrected chi connectivity index (χ4v) is 3.57. The second-order valence-electron chi connectivity index (χ2n) is 7.31. The van der Waals surface area contributed by atoms with Crippen molar-refractivity contribution < 1.29 is 14.4 Å². The Kier molecular flexibility index (Phi) is 5.49. The molecule has 2 aromatic rings. The summed E-state index contributed by atoms with van der Waals surface area (Å²) in [7, 11) is 1.73. The molecule has 0 atom stereocenters. The Morgan fingerprint density at radius 3 is 1.89 bits per heavy atom. The fraction of sp³-hybridized carbons (Fsp3) is 0.318. The molecule has 6 nitrogen and oxygen atoms in total. The Bertz CT molecular complexity index is 882. The molecule has 1 fully saturated rings. The van der Waals surface area contributed by atoms with Gasteiger partial charge in [-0.1, -0.05) is 37.1 Å². The van der Waals surface area contributed by atoms with Crippen molar-refractivity contribution in [3.8, 4) is 11.1 Å². The molecular weight excluding hydrogens is 354 g/mol. The number of hydrogen-bond donors (Lipinski definition) is 2. The van der Waals surface area contributed by atoms with E-state index in [0.29, 0.717) is 18.4 Å². The van der Waals surface area contributed by atoms with E-state index in [1.54, 1.807) is 24.1 Å². The van der Waals surface area contributed by atoms with E-state index in [4.69, 9.17) is 5.73 Å². The predicted octanol–water partition coefficient (Wildman–Crippen LogP) is 2.86. The second-order valence-corrected chi connectivity index (χ2v) is 7.31. The summed E-state index contributed by atoms with van der Waals surface area (Å²) in [6.07, 6.45) is 2.95. The number of carbonyl (C=O) groups is 3. The van der Waals surface area contributed by atoms with E-state index >= 15 is 0 Å². The zero-order chi connectivity index (χ0) is 20.3. The number of amides is 3. The molecular formula is C22H25N3O3. The summed E-state index contributed by atoms with van der Waals surface area (Å²) in [5.74, 6) is -0.782. The Morgan fingerprint density at radius 2 is 1.43 bits per heavy atom. The third kappa shape index (κ3) is 3.91. The molecule has 0 aliphatic heterocycles. The highest BCUT2D eigenvalue weighted by Gasteiger charge is 2.40. The van der Waals surface area contributed by atoms with E-state index in [1.807, 2.05) is 36.4 Å². The Labute approximate surface area is 164 Å². The van der Waals surface area contributed by atoms with Gasteiger partial charge in [0.25, 0.3) is 5.91 Å². The number of rotatable bonds is 5. The lowest BCUT2D eigenvalue weighted by Crippen LogP contribution is -2.55. The van der Waals surface area contributed by atoms with Crippen molar-refractivity contribution in [2.45, 2.75) is 38.1 Å². The molecule has 0 saturated heterocycles. The van der Waals surface area contributed by atoms with Gasteiger partial charge in [0.15, 0.2) is 0 Å². The zero-order valence-corrected chi connectivity index (χ0v) is 16.2. The molecule has 1 saturated carbocycles. The van der Waals surface area contributed by atoms with Crippen LogP contribution >= 0.6 is 0 Å². The Morgan fingerprint density at radius 1 is 0.929 bits per heavy atom. The van der Waals surface area contributed by atoms with Gasteiger partial charge < -0.3 is 16.0 Å². The quantitative estimate of drug-likeness (QED) is 0.837. The zero-order valence-electron chi connectivity index (χ0n) is 16.2. The molecule has 6 heteroatoms. The van der Waals surface area contributed by atoms with Crippen molar-refractivity contribution in [2.24, 2.45) is 5.73 Å². The molecule has 3 amide bonds. The van der Waals surface area contributed by atoms with Crippen molar-refractivity contribution in [3.63, 3.8) is 0 Å². The first-order chi connectivity index (χ1) is 13.3. The van der Waals surface area contributed by atoms with Gasteiger partial charge in [0.1, 0.15) is 5.54 Å². The van der Waals surface area contributed by atoms with Crippen LogP contribution in [-0.2, 0) is 9.59 Å². The number of benzene rings is 2. The molecule has 2 aromatic carbocycles. The maximum atomic E-state index is 12.6. The van der Waals surface area contributed by atoms with Gasteiger partial charge in [0, 0.05) is 25.2 Å². The summed E-state index contributed by atoms with van der Waals surface area (Å²) in [5, 5.41) is 2.85. The third-order valence-corrected chi connectivity index (χ3v) is 5.49. The van der Waals surface area contributed by atoms with E-state index in [0.717, 1.165) is 29.7 Å². The van der Waals surface area contributed by atoms with Crippen molar-refractivity contribution in [2.75, 3.05) is 11.9 Å². The first-order valence-corrected chi connectivity index (χ1v) is 9.40. The van der Waals surface area contributed by atoms with Gasteiger partial charge in [-0.05, 0) is 48.2 Å². The number of hydrogen-bond acceptors (Lipinski definition) is 3. The van der Waals surface area contributed by atoms with Gasteiger partial charge >= 0.3 is 0 Å². The first kappa shape index (κ1) is 19.6. The molecule has 28 heavy (non-hydrogen) atoms. The largest absolute Gasteiger partial charge is 0.368 e. The van der Waals surface area contributed by atoms with Crippen LogP contribution in [0.4, 0.5) is 5.69 Å². The smallest absolute Gasteiger partial charge is 0.252 e. The summed E-state index contributed by atoms with van der Waals surface area (Å²) in [4.78, 5) is 37.4. The van der Waals surface area contributed by atoms with Crippen LogP contribution in [0.1, 0.15) is 43.0 Å². The number of nitrogens with one attached hydrogen (secondary N) is 1. The van der Waals surface area contributed by atoms with Crippen LogP contribution in [0.15, 0.2) is 48.5 Å². The lowest BCUT2D eigenvalue weighted by atomic mass is 9.95. The average molecular weight is 379 g/mol. The van der Waals surface area contributed by atoms with E-state index in [1.165, 1.54) is 6.92 Å². The normalized spacial score (nSPS) is 15.1. The number of primary amides is 1. The van der Waals surface area contributed by atoms with E-state index in [2.05, 4.69) is 5.32 Å². The van der Waals surface area contributed by atoms with Crippen molar-refractivity contribution in [1.29, 1.82) is 0 Å². The van der Waals surface area contributed by atoms with Crippen LogP contribution in [-0.4, -0.2) is 30.3 Å². The highest BCUT2D eigenvalue weighted by molar-refractivity contribution is 5.99. The molecule has 1 aliphatic rings. The van der Waals surface area contributed by atoms with Crippen LogP contribution in [0.3, 0.4) is 0 Å². The summed E-state index contributed by atoms with van der Waals surface area (Å²) < 4.78 is 0. The molecule has 0 radical (unpaired) electrons. The van der Waals surface area contributed by atoms with E-state index in [9.17, 15) is 14.4 Å². The maximum absolute atomic E-state index is 12.6. The highest BCUT2D eigenvalue weighted by Crippen LogP contribution is 2.30. The van der Waals surface area contributed by atoms with Crippen molar-refractivity contribution in [3.05, 3.63) is 54.1 Å². The molecule has 0 aromatic heterocycles. The van der Waals surface area contributed by atoms with Crippen molar-refractivity contribution >= 4 is 23.4 Å². The van der Waals surface area contributed by atoms with Crippen molar-refractivity contribution in [1.82, 2.24) is 5.32 Å². The number of nitrogens with two attached hydrogens (primary N) is 1. The maximum Gasteiger partial charge on any atom is 0.252 e. The summed E-state index contributed by atoms with van der Waals surface area (Å²) in [6, 6.07) is 14.8. The minimum atomic E-state index is -0.922. The molecule has 3 N–H and O–H groups in total. The van der Waals surface area contributed by atoms with Gasteiger partial charge in [-0.25, -0.2) is 0 Å². The number of anilines is 1. The predicted molar refractivity (Wildman–Crippen MR) is 109 cm³/mol. The second kappa shape index (κ2) is 7.84. The average Bonchev–Trinajstić information content (AvgIpc) is 3.17. The van der Waals surface area contributed by atoms with Crippen LogP contribution in [0.5, 0.6) is 0 Å². The van der Waals surface area contributed by atoms with E-state index in [-0.39, 0.29) is 11.8 Å². The minimum Gasteiger partial charge on any atom is -0.368 e. The lowest BCUT2D eigenvalue weighted by molar-refractivity contribution is -0.124. The number of nitrogens with zero attached hydrogens (tertiary/aromatic N) is 1. The minimum absolute atomic E-state index is 0.0286. The Hall–Kier alpha value is -3.15. The lowest BCUT2D eigenvalue weighted by Gasteiger charge is -2.26. The van der Waals surface area contributed by atoms with Gasteiger partial charge in [0.05, 0.1) is 0 Å². The van der Waals surface area contributed by atoms with Crippen LogP contribution < -0.4 is 16.0 Å². The molecule has 0 heterocycles. The Balaban J connectivity index is 1.73. The van der Waals surface area contributed by atoms with E-state index < -0.39 is 11.4 Å². The summed E-state index contributed by atoms with van der Waals surface area (Å²) >= 11 is 0. The van der Waals surface area contributed by atoms with Gasteiger partial charge in [-0.15, -0.1) is 0 Å². The molecule has 1 aliphatic carbocycles.